The zero-order valence-corrected chi connectivity index (χ0v) is 12.9. The molecule has 20 heavy (non-hydrogen) atoms. The number of aromatic nitrogens is 2. The van der Waals surface area contributed by atoms with Gasteiger partial charge in [-0.15, -0.1) is 0 Å². The molecule has 1 aromatic heterocycles. The van der Waals surface area contributed by atoms with Crippen molar-refractivity contribution in [1.82, 2.24) is 15.5 Å². The molecular formula is C15H27N3O2. The molecular weight excluding hydrogens is 254 g/mol. The highest BCUT2D eigenvalue weighted by atomic mass is 16.5. The van der Waals surface area contributed by atoms with Gasteiger partial charge in [-0.05, 0) is 52.1 Å². The summed E-state index contributed by atoms with van der Waals surface area (Å²) in [4.78, 5) is 4.60. The first-order valence-corrected chi connectivity index (χ1v) is 7.82. The molecule has 0 aliphatic heterocycles. The van der Waals surface area contributed by atoms with E-state index in [0.717, 1.165) is 43.9 Å². The zero-order valence-electron chi connectivity index (χ0n) is 12.9. The first-order valence-electron chi connectivity index (χ1n) is 7.82. The first kappa shape index (κ1) is 15.4. The molecule has 1 aliphatic rings. The summed E-state index contributed by atoms with van der Waals surface area (Å²) in [6.45, 7) is 5.97. The molecule has 1 aromatic rings. The molecule has 0 aromatic carbocycles. The van der Waals surface area contributed by atoms with Crippen LogP contribution in [0.25, 0.3) is 0 Å². The SMILES string of the molecule is CCOC1(c2noc(CCCNC)n2)CCCC(C)C1. The van der Waals surface area contributed by atoms with Gasteiger partial charge in [0.2, 0.25) is 11.7 Å². The maximum absolute atomic E-state index is 6.07. The summed E-state index contributed by atoms with van der Waals surface area (Å²) >= 11 is 0. The fraction of sp³-hybridized carbons (Fsp3) is 0.867. The maximum atomic E-state index is 6.07. The molecule has 1 fully saturated rings. The van der Waals surface area contributed by atoms with Crippen LogP contribution in [0.5, 0.6) is 0 Å². The van der Waals surface area contributed by atoms with Gasteiger partial charge >= 0.3 is 0 Å². The molecule has 114 valence electrons. The quantitative estimate of drug-likeness (QED) is 0.779. The van der Waals surface area contributed by atoms with Crippen LogP contribution in [-0.4, -0.2) is 30.3 Å². The first-order chi connectivity index (χ1) is 9.70. The molecule has 1 heterocycles. The number of nitrogens with zero attached hydrogens (tertiary/aromatic N) is 2. The molecule has 0 radical (unpaired) electrons. The lowest BCUT2D eigenvalue weighted by Crippen LogP contribution is -2.36. The van der Waals surface area contributed by atoms with E-state index in [4.69, 9.17) is 9.26 Å². The lowest BCUT2D eigenvalue weighted by atomic mass is 9.78. The molecule has 2 atom stereocenters. The summed E-state index contributed by atoms with van der Waals surface area (Å²) < 4.78 is 11.5. The lowest BCUT2D eigenvalue weighted by Gasteiger charge is -2.37. The van der Waals surface area contributed by atoms with Crippen LogP contribution in [0.1, 0.15) is 57.7 Å². The van der Waals surface area contributed by atoms with E-state index in [1.165, 1.54) is 12.8 Å². The molecule has 2 unspecified atom stereocenters. The van der Waals surface area contributed by atoms with Crippen LogP contribution in [0.2, 0.25) is 0 Å². The number of rotatable bonds is 7. The largest absolute Gasteiger partial charge is 0.367 e. The minimum absolute atomic E-state index is 0.322. The predicted molar refractivity (Wildman–Crippen MR) is 77.5 cm³/mol. The smallest absolute Gasteiger partial charge is 0.226 e. The summed E-state index contributed by atoms with van der Waals surface area (Å²) in [6.07, 6.45) is 6.27. The van der Waals surface area contributed by atoms with Gasteiger partial charge in [-0.1, -0.05) is 18.5 Å². The second kappa shape index (κ2) is 7.18. The summed E-state index contributed by atoms with van der Waals surface area (Å²) in [6, 6.07) is 0. The highest BCUT2D eigenvalue weighted by Crippen LogP contribution is 2.41. The lowest BCUT2D eigenvalue weighted by molar-refractivity contribution is -0.0891. The van der Waals surface area contributed by atoms with Crippen molar-refractivity contribution in [1.29, 1.82) is 0 Å². The Bertz CT molecular complexity index is 404. The standard InChI is InChI=1S/C15H27N3O2/c1-4-19-15(9-5-7-12(2)11-15)14-17-13(20-18-14)8-6-10-16-3/h12,16H,4-11H2,1-3H3. The van der Waals surface area contributed by atoms with Gasteiger partial charge < -0.3 is 14.6 Å². The predicted octanol–water partition coefficient (Wildman–Crippen LogP) is 2.66. The van der Waals surface area contributed by atoms with E-state index < -0.39 is 0 Å². The third kappa shape index (κ3) is 3.58. The fourth-order valence-corrected chi connectivity index (χ4v) is 3.14. The Kier molecular flexibility index (Phi) is 5.54. The Morgan fingerprint density at radius 3 is 3.05 bits per heavy atom. The molecule has 2 rings (SSSR count). The fourth-order valence-electron chi connectivity index (χ4n) is 3.14. The Labute approximate surface area is 121 Å². The van der Waals surface area contributed by atoms with E-state index in [-0.39, 0.29) is 5.60 Å². The van der Waals surface area contributed by atoms with Crippen molar-refractivity contribution in [2.24, 2.45) is 5.92 Å². The van der Waals surface area contributed by atoms with Crippen molar-refractivity contribution in [3.8, 4) is 0 Å². The van der Waals surface area contributed by atoms with Crippen molar-refractivity contribution < 1.29 is 9.26 Å². The molecule has 1 N–H and O–H groups in total. The molecule has 5 nitrogen and oxygen atoms in total. The van der Waals surface area contributed by atoms with Crippen molar-refractivity contribution >= 4 is 0 Å². The maximum Gasteiger partial charge on any atom is 0.226 e. The summed E-state index contributed by atoms with van der Waals surface area (Å²) in [5.41, 5.74) is -0.322. The minimum atomic E-state index is -0.322. The highest BCUT2D eigenvalue weighted by molar-refractivity contribution is 5.04. The summed E-state index contributed by atoms with van der Waals surface area (Å²) in [7, 11) is 1.95. The van der Waals surface area contributed by atoms with Crippen LogP contribution in [0, 0.1) is 5.92 Å². The number of hydrogen-bond acceptors (Lipinski definition) is 5. The Hall–Kier alpha value is -0.940. The number of ether oxygens (including phenoxy) is 1. The van der Waals surface area contributed by atoms with Crippen LogP contribution in [0.15, 0.2) is 4.52 Å². The zero-order chi connectivity index (χ0) is 14.4. The van der Waals surface area contributed by atoms with E-state index in [2.05, 4.69) is 22.4 Å². The number of hydrogen-bond donors (Lipinski definition) is 1. The molecule has 0 amide bonds. The Morgan fingerprint density at radius 1 is 1.50 bits per heavy atom. The van der Waals surface area contributed by atoms with Crippen LogP contribution < -0.4 is 5.32 Å². The van der Waals surface area contributed by atoms with Crippen LogP contribution in [-0.2, 0) is 16.8 Å². The Morgan fingerprint density at radius 2 is 2.35 bits per heavy atom. The van der Waals surface area contributed by atoms with E-state index >= 15 is 0 Å². The molecule has 5 heteroatoms. The van der Waals surface area contributed by atoms with E-state index in [9.17, 15) is 0 Å². The van der Waals surface area contributed by atoms with Gasteiger partial charge in [0.1, 0.15) is 5.60 Å². The topological polar surface area (TPSA) is 60.2 Å². The third-order valence-corrected chi connectivity index (χ3v) is 4.07. The van der Waals surface area contributed by atoms with Gasteiger partial charge in [0, 0.05) is 13.0 Å². The highest BCUT2D eigenvalue weighted by Gasteiger charge is 2.41. The van der Waals surface area contributed by atoms with Gasteiger partial charge in [0.05, 0.1) is 0 Å². The van der Waals surface area contributed by atoms with Crippen LogP contribution >= 0.6 is 0 Å². The molecule has 1 aliphatic carbocycles. The molecule has 0 saturated heterocycles. The van der Waals surface area contributed by atoms with Crippen molar-refractivity contribution in [3.63, 3.8) is 0 Å². The summed E-state index contributed by atoms with van der Waals surface area (Å²) in [5, 5.41) is 7.34. The van der Waals surface area contributed by atoms with E-state index in [1.807, 2.05) is 14.0 Å². The molecule has 0 spiro atoms. The third-order valence-electron chi connectivity index (χ3n) is 4.07. The number of nitrogens with one attached hydrogen (secondary N) is 1. The normalized spacial score (nSPS) is 26.9. The van der Waals surface area contributed by atoms with Crippen molar-refractivity contribution in [3.05, 3.63) is 11.7 Å². The average molecular weight is 281 g/mol. The average Bonchev–Trinajstić information content (AvgIpc) is 2.89. The van der Waals surface area contributed by atoms with Crippen LogP contribution in [0.4, 0.5) is 0 Å². The summed E-state index contributed by atoms with van der Waals surface area (Å²) in [5.74, 6) is 2.14. The monoisotopic (exact) mass is 281 g/mol. The minimum Gasteiger partial charge on any atom is -0.367 e. The molecule has 0 bridgehead atoms. The Balaban J connectivity index is 2.09. The van der Waals surface area contributed by atoms with Crippen molar-refractivity contribution in [2.75, 3.05) is 20.2 Å². The van der Waals surface area contributed by atoms with Gasteiger partial charge in [-0.2, -0.15) is 4.98 Å². The molecule has 1 saturated carbocycles. The second-order valence-electron chi connectivity index (χ2n) is 5.85. The van der Waals surface area contributed by atoms with Crippen molar-refractivity contribution in [2.45, 2.75) is 58.0 Å². The van der Waals surface area contributed by atoms with Gasteiger partial charge in [0.25, 0.3) is 0 Å². The number of aryl methyl sites for hydroxylation is 1. The van der Waals surface area contributed by atoms with E-state index in [1.54, 1.807) is 0 Å². The van der Waals surface area contributed by atoms with Gasteiger partial charge in [0.15, 0.2) is 0 Å². The van der Waals surface area contributed by atoms with Crippen LogP contribution in [0.3, 0.4) is 0 Å². The van der Waals surface area contributed by atoms with Gasteiger partial charge in [-0.25, -0.2) is 0 Å². The van der Waals surface area contributed by atoms with E-state index in [0.29, 0.717) is 12.5 Å². The van der Waals surface area contributed by atoms with Gasteiger partial charge in [-0.3, -0.25) is 0 Å². The second-order valence-corrected chi connectivity index (χ2v) is 5.85.